The number of amides is 6. The van der Waals surface area contributed by atoms with Gasteiger partial charge in [0, 0.05) is 67.3 Å². The number of aliphatic carboxylic acids is 1. The Labute approximate surface area is 425 Å². The zero-order valence-corrected chi connectivity index (χ0v) is 43.1. The molecule has 2 aromatic rings. The number of aromatic nitrogens is 1. The number of Topliss-reactive ketones (excluding diaryl/α,β-unsaturated/α-hetero) is 3. The minimum absolute atomic E-state index is 0.0198. The number of carboxylic acid groups (broad SMARTS) is 1. The summed E-state index contributed by atoms with van der Waals surface area (Å²) in [6.45, 7) is 5.98. The summed E-state index contributed by atoms with van der Waals surface area (Å²) in [7, 11) is -5.01. The summed E-state index contributed by atoms with van der Waals surface area (Å²) in [5, 5.41) is 34.4. The van der Waals surface area contributed by atoms with Gasteiger partial charge in [0.15, 0.2) is 18.4 Å². The SMILES string of the molecule is CCCC(=O)Cc1cc2c3c([nH]c2cc1OCOP(=O)(O)O)SC[C@@H]1NC(=O)CNC(=O)[C@H]([C@@H](C)CC)NC(=O)CNC(=O)[C@@H](CC(=O)[C@H](C(C)CC)NC(=O)[C@@H]2C[C@@H](O)CN2C(=O)[C@H](CC(=O)O)CC1=O)C3. The molecule has 9 atom stereocenters. The van der Waals surface area contributed by atoms with Crippen molar-refractivity contribution >= 4 is 89.2 Å². The molecule has 2 bridgehead atoms. The first-order chi connectivity index (χ1) is 34.4. The molecule has 0 spiro atoms. The number of ketones is 3. The lowest BCUT2D eigenvalue weighted by atomic mass is 9.86. The molecule has 1 unspecified atom stereocenters. The third kappa shape index (κ3) is 15.9. The van der Waals surface area contributed by atoms with Crippen LogP contribution in [0.2, 0.25) is 0 Å². The second-order valence-electron chi connectivity index (χ2n) is 18.9. The molecule has 4 heterocycles. The van der Waals surface area contributed by atoms with Crippen molar-refractivity contribution in [3.8, 4) is 5.75 Å². The fourth-order valence-corrected chi connectivity index (χ4v) is 10.4. The zero-order chi connectivity index (χ0) is 53.9. The number of nitrogens with one attached hydrogen (secondary N) is 6. The number of ether oxygens (including phenoxy) is 1. The van der Waals surface area contributed by atoms with Crippen LogP contribution in [0.1, 0.15) is 97.1 Å². The molecular weight excluding hydrogens is 998 g/mol. The van der Waals surface area contributed by atoms with Gasteiger partial charge in [-0.2, -0.15) is 0 Å². The minimum Gasteiger partial charge on any atom is -0.481 e. The molecule has 402 valence electrons. The van der Waals surface area contributed by atoms with E-state index >= 15 is 0 Å². The summed E-state index contributed by atoms with van der Waals surface area (Å²) in [6, 6.07) is -2.43. The van der Waals surface area contributed by atoms with E-state index in [0.29, 0.717) is 30.2 Å². The molecule has 10 N–H and O–H groups in total. The van der Waals surface area contributed by atoms with E-state index in [2.05, 4.69) is 36.1 Å². The Bertz CT molecular complexity index is 2500. The molecule has 26 heteroatoms. The standard InChI is InChI=1S/C47H66N7O17PS/c1-6-9-28(55)10-25-11-30-31-12-26-13-36(58)41(23(4)7-2)53-44(64)34-16-29(56)20-54(34)47(66)27(15-40(61)62)14-35(57)33(21-73-46(31)51-32(30)17-37(25)70-22-71-72(67,68)69)50-38(59)18-49-45(65)42(24(5)8-3)52-39(60)19-48-43(26)63/h11,17,23-24,26-27,29,33-34,41-42,51,56H,6-10,12-16,18-22H2,1-5H3,(H,48,63)(H,49,65)(H,50,59)(H,52,60)(H,53,64)(H,61,62)(H2,67,68,69)/t23?,24-,26+,27-,29+,33-,34-,41-,42-/m0/s1. The summed E-state index contributed by atoms with van der Waals surface area (Å²) in [5.74, 6) is -12.6. The van der Waals surface area contributed by atoms with E-state index in [-0.39, 0.29) is 59.1 Å². The Morgan fingerprint density at radius 1 is 0.849 bits per heavy atom. The number of aliphatic hydroxyl groups is 1. The maximum atomic E-state index is 14.8. The van der Waals surface area contributed by atoms with Gasteiger partial charge in [0.1, 0.15) is 23.6 Å². The number of hydrogen-bond acceptors (Lipinski definition) is 15. The van der Waals surface area contributed by atoms with Gasteiger partial charge < -0.3 is 61.2 Å². The second-order valence-corrected chi connectivity index (χ2v) is 21.2. The predicted octanol–water partition coefficient (Wildman–Crippen LogP) is 0.553. The Morgan fingerprint density at radius 2 is 1.51 bits per heavy atom. The van der Waals surface area contributed by atoms with Crippen molar-refractivity contribution in [1.82, 2.24) is 36.5 Å². The number of rotatable bonds is 14. The second kappa shape index (κ2) is 26.0. The Balaban J connectivity index is 1.77. The normalized spacial score (nSPS) is 25.4. The van der Waals surface area contributed by atoms with Crippen molar-refractivity contribution in [2.75, 3.05) is 32.2 Å². The largest absolute Gasteiger partial charge is 0.481 e. The quantitative estimate of drug-likeness (QED) is 0.0912. The van der Waals surface area contributed by atoms with E-state index in [1.54, 1.807) is 40.7 Å². The predicted molar refractivity (Wildman–Crippen MR) is 260 cm³/mol. The lowest BCUT2D eigenvalue weighted by Gasteiger charge is -2.31. The highest BCUT2D eigenvalue weighted by molar-refractivity contribution is 7.99. The van der Waals surface area contributed by atoms with Crippen LogP contribution >= 0.6 is 19.6 Å². The lowest BCUT2D eigenvalue weighted by molar-refractivity contribution is -0.148. The number of phosphoric ester groups is 1. The molecule has 1 aromatic carbocycles. The van der Waals surface area contributed by atoms with Gasteiger partial charge in [0.25, 0.3) is 0 Å². The van der Waals surface area contributed by atoms with Gasteiger partial charge in [-0.1, -0.05) is 47.5 Å². The number of hydrogen-bond donors (Lipinski definition) is 10. The zero-order valence-electron chi connectivity index (χ0n) is 41.4. The number of aliphatic hydroxyl groups excluding tert-OH is 1. The number of H-pyrrole nitrogens is 1. The topological polar surface area (TPSA) is 366 Å². The number of fused-ring (bicyclic) bond motifs is 5. The molecule has 0 aliphatic carbocycles. The number of nitrogens with zero attached hydrogens (tertiary/aromatic N) is 1. The van der Waals surface area contributed by atoms with Crippen LogP contribution in [0, 0.1) is 23.7 Å². The summed E-state index contributed by atoms with van der Waals surface area (Å²) in [6.07, 6.45) is -2.91. The fraction of sp³-hybridized carbons (Fsp3) is 0.617. The van der Waals surface area contributed by atoms with Crippen LogP contribution < -0.4 is 31.3 Å². The number of aromatic amines is 1. The summed E-state index contributed by atoms with van der Waals surface area (Å²) in [5.41, 5.74) is 0.845. The fourth-order valence-electron chi connectivity index (χ4n) is 9.06. The first-order valence-corrected chi connectivity index (χ1v) is 26.8. The molecule has 3 aliphatic rings. The minimum atomic E-state index is -5.01. The van der Waals surface area contributed by atoms with Gasteiger partial charge in [-0.05, 0) is 36.3 Å². The van der Waals surface area contributed by atoms with E-state index in [0.717, 1.165) is 16.7 Å². The van der Waals surface area contributed by atoms with Gasteiger partial charge in [-0.15, -0.1) is 11.8 Å². The van der Waals surface area contributed by atoms with Crippen molar-refractivity contribution in [1.29, 1.82) is 0 Å². The van der Waals surface area contributed by atoms with E-state index in [1.807, 2.05) is 0 Å². The molecular formula is C47H66N7O17PS. The van der Waals surface area contributed by atoms with Gasteiger partial charge in [-0.25, -0.2) is 9.09 Å². The molecule has 3 aliphatic heterocycles. The van der Waals surface area contributed by atoms with E-state index in [1.165, 1.54) is 6.07 Å². The molecule has 24 nitrogen and oxygen atoms in total. The Morgan fingerprint density at radius 3 is 2.15 bits per heavy atom. The first-order valence-electron chi connectivity index (χ1n) is 24.3. The third-order valence-corrected chi connectivity index (χ3v) is 15.0. The monoisotopic (exact) mass is 1060 g/mol. The summed E-state index contributed by atoms with van der Waals surface area (Å²) >= 11 is 0.945. The maximum Gasteiger partial charge on any atom is 0.472 e. The van der Waals surface area contributed by atoms with Crippen LogP contribution in [0.3, 0.4) is 0 Å². The van der Waals surface area contributed by atoms with Crippen molar-refractivity contribution < 1.29 is 81.8 Å². The summed E-state index contributed by atoms with van der Waals surface area (Å²) < 4.78 is 21.8. The van der Waals surface area contributed by atoms with Crippen LogP contribution in [-0.2, 0) is 69.9 Å². The van der Waals surface area contributed by atoms with Crippen molar-refractivity contribution in [2.45, 2.75) is 134 Å². The van der Waals surface area contributed by atoms with Crippen LogP contribution in [0.4, 0.5) is 0 Å². The number of thioether (sulfide) groups is 1. The number of phosphoric acid groups is 1. The molecule has 1 fully saturated rings. The van der Waals surface area contributed by atoms with Crippen molar-refractivity contribution in [3.63, 3.8) is 0 Å². The Kier molecular flexibility index (Phi) is 20.7. The molecule has 0 radical (unpaired) electrons. The van der Waals surface area contributed by atoms with E-state index < -0.39 is 160 Å². The average Bonchev–Trinajstić information content (AvgIpc) is 3.88. The number of benzene rings is 1. The average molecular weight is 1060 g/mol. The van der Waals surface area contributed by atoms with Gasteiger partial charge in [0.05, 0.1) is 54.2 Å². The van der Waals surface area contributed by atoms with Crippen LogP contribution in [0.15, 0.2) is 17.2 Å². The highest BCUT2D eigenvalue weighted by Gasteiger charge is 2.44. The molecule has 1 saturated heterocycles. The molecule has 1 aromatic heterocycles. The van der Waals surface area contributed by atoms with Crippen LogP contribution in [0.25, 0.3) is 10.9 Å². The summed E-state index contributed by atoms with van der Waals surface area (Å²) in [4.78, 5) is 162. The number of carboxylic acids is 1. The van der Waals surface area contributed by atoms with E-state index in [9.17, 15) is 72.5 Å². The highest BCUT2D eigenvalue weighted by atomic mass is 32.2. The molecule has 6 amide bonds. The van der Waals surface area contributed by atoms with Crippen LogP contribution in [-0.4, -0.2) is 151 Å². The molecule has 73 heavy (non-hydrogen) atoms. The van der Waals surface area contributed by atoms with Gasteiger partial charge in [-0.3, -0.25) is 47.9 Å². The highest BCUT2D eigenvalue weighted by Crippen LogP contribution is 2.39. The maximum absolute atomic E-state index is 14.8. The molecule has 0 saturated carbocycles. The lowest BCUT2D eigenvalue weighted by Crippen LogP contribution is -2.55. The van der Waals surface area contributed by atoms with Gasteiger partial charge >= 0.3 is 13.8 Å². The van der Waals surface area contributed by atoms with Gasteiger partial charge in [0.2, 0.25) is 35.4 Å². The molecule has 5 rings (SSSR count). The first kappa shape index (κ1) is 58.2. The van der Waals surface area contributed by atoms with Crippen molar-refractivity contribution in [2.24, 2.45) is 23.7 Å². The third-order valence-electron chi connectivity index (χ3n) is 13.4. The van der Waals surface area contributed by atoms with E-state index in [4.69, 9.17) is 4.74 Å². The number of carbonyl (C=O) groups excluding carboxylic acids is 9. The van der Waals surface area contributed by atoms with Crippen molar-refractivity contribution in [3.05, 3.63) is 23.3 Å². The van der Waals surface area contributed by atoms with Crippen LogP contribution in [0.5, 0.6) is 5.75 Å². The Hall–Kier alpha value is -5.72. The number of carbonyl (C=O) groups is 10. The smallest absolute Gasteiger partial charge is 0.472 e.